The molecule has 4 nitrogen and oxygen atoms in total. The van der Waals surface area contributed by atoms with Crippen LogP contribution >= 0.6 is 0 Å². The third-order valence-electron chi connectivity index (χ3n) is 2.38. The van der Waals surface area contributed by atoms with E-state index in [1.807, 2.05) is 48.9 Å². The lowest BCUT2D eigenvalue weighted by atomic mass is 10.3. The molecule has 0 aliphatic carbocycles. The van der Waals surface area contributed by atoms with Gasteiger partial charge in [-0.05, 0) is 24.3 Å². The van der Waals surface area contributed by atoms with E-state index >= 15 is 0 Å². The lowest BCUT2D eigenvalue weighted by Gasteiger charge is -1.97. The molecule has 0 saturated heterocycles. The molecule has 3 aromatic rings. The van der Waals surface area contributed by atoms with Gasteiger partial charge in [0.1, 0.15) is 0 Å². The summed E-state index contributed by atoms with van der Waals surface area (Å²) in [5.74, 6) is 0.820. The maximum atomic E-state index is 4.28. The average molecular weight is 210 g/mol. The summed E-state index contributed by atoms with van der Waals surface area (Å²) < 4.78 is 1.76. The molecule has 0 atom stereocenters. The van der Waals surface area contributed by atoms with Crippen LogP contribution in [0.4, 0.5) is 0 Å². The van der Waals surface area contributed by atoms with E-state index in [0.717, 1.165) is 17.1 Å². The van der Waals surface area contributed by atoms with Crippen molar-refractivity contribution in [1.29, 1.82) is 0 Å². The van der Waals surface area contributed by atoms with Crippen LogP contribution < -0.4 is 0 Å². The van der Waals surface area contributed by atoms with Gasteiger partial charge in [0.2, 0.25) is 0 Å². The van der Waals surface area contributed by atoms with Gasteiger partial charge in [0.15, 0.2) is 5.82 Å². The maximum absolute atomic E-state index is 4.28. The molecule has 0 spiro atoms. The van der Waals surface area contributed by atoms with Gasteiger partial charge in [0.25, 0.3) is 0 Å². The first kappa shape index (κ1) is 8.91. The predicted molar refractivity (Wildman–Crippen MR) is 61.1 cm³/mol. The molecule has 3 heterocycles. The fourth-order valence-corrected chi connectivity index (χ4v) is 1.59. The Balaban J connectivity index is 2.00. The summed E-state index contributed by atoms with van der Waals surface area (Å²) in [4.78, 5) is 7.38. The Bertz CT molecular complexity index is 566. The molecule has 0 saturated carbocycles. The van der Waals surface area contributed by atoms with E-state index in [-0.39, 0.29) is 0 Å². The fourth-order valence-electron chi connectivity index (χ4n) is 1.59. The molecule has 16 heavy (non-hydrogen) atoms. The molecule has 0 bridgehead atoms. The molecule has 0 aliphatic heterocycles. The van der Waals surface area contributed by atoms with E-state index in [9.17, 15) is 0 Å². The zero-order valence-corrected chi connectivity index (χ0v) is 8.54. The molecule has 3 aromatic heterocycles. The number of hydrogen-bond donors (Lipinski definition) is 1. The highest BCUT2D eigenvalue weighted by atomic mass is 15.3. The maximum Gasteiger partial charge on any atom is 0.153 e. The van der Waals surface area contributed by atoms with Crippen molar-refractivity contribution in [2.45, 2.75) is 0 Å². The molecule has 0 aliphatic rings. The number of hydrogen-bond acceptors (Lipinski definition) is 2. The minimum absolute atomic E-state index is 0.820. The number of aromatic nitrogens is 4. The van der Waals surface area contributed by atoms with E-state index in [1.54, 1.807) is 10.9 Å². The van der Waals surface area contributed by atoms with Gasteiger partial charge in [0, 0.05) is 29.8 Å². The molecule has 1 N–H and O–H groups in total. The second kappa shape index (κ2) is 3.66. The minimum Gasteiger partial charge on any atom is -0.361 e. The molecule has 0 radical (unpaired) electrons. The Hall–Kier alpha value is -2.36. The van der Waals surface area contributed by atoms with E-state index in [4.69, 9.17) is 0 Å². The largest absolute Gasteiger partial charge is 0.361 e. The normalized spacial score (nSPS) is 10.5. The van der Waals surface area contributed by atoms with Crippen molar-refractivity contribution in [2.75, 3.05) is 0 Å². The highest BCUT2D eigenvalue weighted by molar-refractivity contribution is 5.57. The lowest BCUT2D eigenvalue weighted by molar-refractivity contribution is 0.847. The molecule has 0 amide bonds. The summed E-state index contributed by atoms with van der Waals surface area (Å²) in [6.07, 6.45) is 7.42. The van der Waals surface area contributed by atoms with Crippen LogP contribution in [0, 0.1) is 0 Å². The number of pyridine rings is 1. The van der Waals surface area contributed by atoms with Gasteiger partial charge in [-0.2, -0.15) is 5.10 Å². The molecule has 0 unspecified atom stereocenters. The van der Waals surface area contributed by atoms with Gasteiger partial charge in [-0.15, -0.1) is 0 Å². The van der Waals surface area contributed by atoms with Gasteiger partial charge >= 0.3 is 0 Å². The van der Waals surface area contributed by atoms with E-state index in [2.05, 4.69) is 15.1 Å². The second-order valence-electron chi connectivity index (χ2n) is 3.45. The Morgan fingerprint density at radius 2 is 2.12 bits per heavy atom. The van der Waals surface area contributed by atoms with Crippen molar-refractivity contribution in [1.82, 2.24) is 19.7 Å². The Morgan fingerprint density at radius 3 is 2.88 bits per heavy atom. The van der Waals surface area contributed by atoms with Gasteiger partial charge in [-0.25, -0.2) is 9.67 Å². The zero-order chi connectivity index (χ0) is 10.8. The predicted octanol–water partition coefficient (Wildman–Crippen LogP) is 2.26. The zero-order valence-electron chi connectivity index (χ0n) is 8.54. The van der Waals surface area contributed by atoms with Crippen molar-refractivity contribution >= 4 is 0 Å². The van der Waals surface area contributed by atoms with Crippen LogP contribution in [0.3, 0.4) is 0 Å². The standard InChI is InChI=1S/C12H10N4/c1-2-6-14-12(5-1)16-9-10(8-15-16)11-4-3-7-13-11/h1-9,13H. The minimum atomic E-state index is 0.820. The van der Waals surface area contributed by atoms with Gasteiger partial charge in [0.05, 0.1) is 6.20 Å². The monoisotopic (exact) mass is 210 g/mol. The molecular weight excluding hydrogens is 200 g/mol. The van der Waals surface area contributed by atoms with Crippen LogP contribution in [-0.4, -0.2) is 19.7 Å². The number of nitrogens with one attached hydrogen (secondary N) is 1. The second-order valence-corrected chi connectivity index (χ2v) is 3.45. The van der Waals surface area contributed by atoms with Crippen molar-refractivity contribution < 1.29 is 0 Å². The van der Waals surface area contributed by atoms with Crippen LogP contribution in [0.15, 0.2) is 55.1 Å². The molecule has 3 rings (SSSR count). The smallest absolute Gasteiger partial charge is 0.153 e. The van der Waals surface area contributed by atoms with Gasteiger partial charge in [-0.1, -0.05) is 6.07 Å². The van der Waals surface area contributed by atoms with Crippen molar-refractivity contribution in [3.8, 4) is 17.1 Å². The van der Waals surface area contributed by atoms with Crippen LogP contribution in [0.5, 0.6) is 0 Å². The van der Waals surface area contributed by atoms with Crippen LogP contribution in [0.1, 0.15) is 0 Å². The quantitative estimate of drug-likeness (QED) is 0.705. The summed E-state index contributed by atoms with van der Waals surface area (Å²) in [6, 6.07) is 9.73. The van der Waals surface area contributed by atoms with Crippen LogP contribution in [0.2, 0.25) is 0 Å². The van der Waals surface area contributed by atoms with E-state index in [1.165, 1.54) is 0 Å². The Morgan fingerprint density at radius 1 is 1.12 bits per heavy atom. The third-order valence-corrected chi connectivity index (χ3v) is 2.38. The number of aromatic amines is 1. The summed E-state index contributed by atoms with van der Waals surface area (Å²) in [6.45, 7) is 0. The first-order valence-corrected chi connectivity index (χ1v) is 5.03. The van der Waals surface area contributed by atoms with E-state index < -0.39 is 0 Å². The SMILES string of the molecule is c1ccc(-n2cc(-c3ccc[nH]3)cn2)nc1. The first-order chi connectivity index (χ1) is 7.93. The molecule has 78 valence electrons. The van der Waals surface area contributed by atoms with Gasteiger partial charge < -0.3 is 4.98 Å². The topological polar surface area (TPSA) is 46.5 Å². The van der Waals surface area contributed by atoms with Crippen LogP contribution in [-0.2, 0) is 0 Å². The van der Waals surface area contributed by atoms with Crippen molar-refractivity contribution in [3.05, 3.63) is 55.1 Å². The fraction of sp³-hybridized carbons (Fsp3) is 0. The first-order valence-electron chi connectivity index (χ1n) is 5.03. The molecule has 4 heteroatoms. The van der Waals surface area contributed by atoms with Crippen molar-refractivity contribution in [3.63, 3.8) is 0 Å². The molecule has 0 fully saturated rings. The third kappa shape index (κ3) is 1.50. The summed E-state index contributed by atoms with van der Waals surface area (Å²) in [7, 11) is 0. The average Bonchev–Trinajstić information content (AvgIpc) is 3.01. The number of rotatable bonds is 2. The Labute approximate surface area is 92.6 Å². The number of nitrogens with zero attached hydrogens (tertiary/aromatic N) is 3. The molecule has 0 aromatic carbocycles. The summed E-state index contributed by atoms with van der Waals surface area (Å²) in [5.41, 5.74) is 2.11. The van der Waals surface area contributed by atoms with Crippen molar-refractivity contribution in [2.24, 2.45) is 0 Å². The highest BCUT2D eigenvalue weighted by Gasteiger charge is 2.03. The summed E-state index contributed by atoms with van der Waals surface area (Å²) in [5, 5.41) is 4.28. The molecular formula is C12H10N4. The van der Waals surface area contributed by atoms with Crippen LogP contribution in [0.25, 0.3) is 17.1 Å². The Kier molecular flexibility index (Phi) is 2.04. The number of H-pyrrole nitrogens is 1. The van der Waals surface area contributed by atoms with E-state index in [0.29, 0.717) is 0 Å². The highest BCUT2D eigenvalue weighted by Crippen LogP contribution is 2.16. The lowest BCUT2D eigenvalue weighted by Crippen LogP contribution is -1.95. The van der Waals surface area contributed by atoms with Gasteiger partial charge in [-0.3, -0.25) is 0 Å². The summed E-state index contributed by atoms with van der Waals surface area (Å²) >= 11 is 0.